The Morgan fingerprint density at radius 2 is 0.909 bits per heavy atom. The van der Waals surface area contributed by atoms with Crippen molar-refractivity contribution < 1.29 is 62.0 Å². The molecule has 0 spiro atoms. The summed E-state index contributed by atoms with van der Waals surface area (Å²) < 4.78 is 11.2. The minimum absolute atomic E-state index is 0. The van der Waals surface area contributed by atoms with Gasteiger partial charge in [0, 0.05) is 13.8 Å². The summed E-state index contributed by atoms with van der Waals surface area (Å²) in [5, 5.41) is 0. The molecule has 0 radical (unpaired) electrons. The Labute approximate surface area is 156 Å². The van der Waals surface area contributed by atoms with E-state index in [0.29, 0.717) is 13.2 Å². The summed E-state index contributed by atoms with van der Waals surface area (Å²) in [4.78, 5) is 20.6. The number of quaternary nitrogens is 2. The summed E-state index contributed by atoms with van der Waals surface area (Å²) in [5.41, 5.74) is 0. The maximum Gasteiger partial charge on any atom is 0.302 e. The van der Waals surface area contributed by atoms with Crippen LogP contribution >= 0.6 is 0 Å². The second-order valence-corrected chi connectivity index (χ2v) is 6.71. The topological polar surface area (TPSA) is 52.6 Å². The van der Waals surface area contributed by atoms with Crippen molar-refractivity contribution >= 4 is 11.9 Å². The van der Waals surface area contributed by atoms with E-state index in [1.807, 2.05) is 0 Å². The minimum atomic E-state index is -0.201. The van der Waals surface area contributed by atoms with Gasteiger partial charge in [-0.2, -0.15) is 0 Å². The zero-order valence-corrected chi connectivity index (χ0v) is 18.3. The van der Waals surface area contributed by atoms with Crippen molar-refractivity contribution in [3.8, 4) is 0 Å². The molecule has 0 unspecified atom stereocenters. The van der Waals surface area contributed by atoms with Crippen molar-refractivity contribution in [1.29, 1.82) is 0 Å². The van der Waals surface area contributed by atoms with Gasteiger partial charge in [-0.1, -0.05) is 0 Å². The monoisotopic (exact) mass is 450 g/mol. The van der Waals surface area contributed by atoms with Crippen molar-refractivity contribution in [3.05, 3.63) is 0 Å². The molecule has 0 aliphatic rings. The predicted molar refractivity (Wildman–Crippen MR) is 79.1 cm³/mol. The lowest BCUT2D eigenvalue weighted by atomic mass is 10.5. The molecule has 22 heavy (non-hydrogen) atoms. The lowest BCUT2D eigenvalue weighted by Crippen LogP contribution is -3.00. The van der Waals surface area contributed by atoms with E-state index in [1.165, 1.54) is 13.8 Å². The van der Waals surface area contributed by atoms with E-state index in [9.17, 15) is 9.59 Å². The van der Waals surface area contributed by atoms with E-state index in [0.717, 1.165) is 22.1 Å². The third-order valence-electron chi connectivity index (χ3n) is 2.13. The molecular formula is C14H32Br2N2O4. The molecule has 0 bridgehead atoms. The summed E-state index contributed by atoms with van der Waals surface area (Å²) in [5.74, 6) is -0.401. The number of hydrogen-bond acceptors (Lipinski definition) is 4. The Hall–Kier alpha value is -0.180. The van der Waals surface area contributed by atoms with Gasteiger partial charge in [-0.25, -0.2) is 0 Å². The van der Waals surface area contributed by atoms with Crippen molar-refractivity contribution in [2.24, 2.45) is 0 Å². The Morgan fingerprint density at radius 1 is 0.682 bits per heavy atom. The molecule has 0 aliphatic carbocycles. The van der Waals surface area contributed by atoms with Crippen LogP contribution in [0.25, 0.3) is 0 Å². The van der Waals surface area contributed by atoms with Gasteiger partial charge in [-0.3, -0.25) is 9.59 Å². The van der Waals surface area contributed by atoms with Crippen LogP contribution in [0.5, 0.6) is 0 Å². The molecule has 0 saturated heterocycles. The molecule has 0 fully saturated rings. The van der Waals surface area contributed by atoms with E-state index < -0.39 is 0 Å². The smallest absolute Gasteiger partial charge is 0.302 e. The highest BCUT2D eigenvalue weighted by Gasteiger charge is 2.07. The number of rotatable bonds is 6. The molecule has 0 atom stereocenters. The summed E-state index contributed by atoms with van der Waals surface area (Å²) >= 11 is 0. The van der Waals surface area contributed by atoms with Crippen molar-refractivity contribution in [2.45, 2.75) is 13.8 Å². The molecule has 0 aliphatic heterocycles. The van der Waals surface area contributed by atoms with E-state index >= 15 is 0 Å². The van der Waals surface area contributed by atoms with Gasteiger partial charge in [0.15, 0.2) is 0 Å². The summed E-state index contributed by atoms with van der Waals surface area (Å²) in [6, 6.07) is 0. The van der Waals surface area contributed by atoms with Crippen LogP contribution in [-0.4, -0.2) is 89.5 Å². The fourth-order valence-corrected chi connectivity index (χ4v) is 0.926. The zero-order chi connectivity index (χ0) is 16.4. The maximum atomic E-state index is 10.3. The van der Waals surface area contributed by atoms with Gasteiger partial charge in [0.2, 0.25) is 0 Å². The maximum absolute atomic E-state index is 10.3. The van der Waals surface area contributed by atoms with Gasteiger partial charge in [-0.15, -0.1) is 0 Å². The molecule has 0 aromatic heterocycles. The first-order valence-electron chi connectivity index (χ1n) is 6.71. The lowest BCUT2D eigenvalue weighted by molar-refractivity contribution is -0.870. The van der Waals surface area contributed by atoms with Crippen LogP contribution in [0.3, 0.4) is 0 Å². The van der Waals surface area contributed by atoms with Crippen LogP contribution in [0.4, 0.5) is 0 Å². The number of carbonyl (C=O) groups excluding carboxylic acids is 2. The Kier molecular flexibility index (Phi) is 19.5. The number of nitrogens with zero attached hydrogens (tertiary/aromatic N) is 2. The fraction of sp³-hybridized carbons (Fsp3) is 0.857. The normalized spacial score (nSPS) is 10.2. The predicted octanol–water partition coefficient (Wildman–Crippen LogP) is -5.48. The highest BCUT2D eigenvalue weighted by Crippen LogP contribution is 1.89. The van der Waals surface area contributed by atoms with Crippen LogP contribution in [0.15, 0.2) is 0 Å². The second-order valence-electron chi connectivity index (χ2n) is 6.71. The molecule has 136 valence electrons. The summed E-state index contributed by atoms with van der Waals surface area (Å²) in [6.07, 6.45) is 0. The van der Waals surface area contributed by atoms with Crippen LogP contribution in [0.1, 0.15) is 13.8 Å². The third kappa shape index (κ3) is 36.8. The number of halogens is 2. The minimum Gasteiger partial charge on any atom is -1.00 e. The Balaban J connectivity index is -0.000000135. The van der Waals surface area contributed by atoms with E-state index in [-0.39, 0.29) is 45.9 Å². The molecule has 0 aromatic rings. The van der Waals surface area contributed by atoms with Gasteiger partial charge in [-0.05, 0) is 0 Å². The van der Waals surface area contributed by atoms with Crippen molar-refractivity contribution in [2.75, 3.05) is 68.6 Å². The number of likely N-dealkylation sites (N-methyl/N-ethyl adjacent to an activating group) is 2. The summed E-state index contributed by atoms with van der Waals surface area (Å²) in [6.45, 7) is 5.60. The third-order valence-corrected chi connectivity index (χ3v) is 2.13. The molecular weight excluding hydrogens is 420 g/mol. The number of esters is 2. The van der Waals surface area contributed by atoms with Gasteiger partial charge in [0.05, 0.1) is 42.3 Å². The zero-order valence-electron chi connectivity index (χ0n) is 15.1. The van der Waals surface area contributed by atoms with Crippen LogP contribution in [0.2, 0.25) is 0 Å². The first-order chi connectivity index (χ1) is 8.83. The second kappa shape index (κ2) is 14.4. The molecule has 6 nitrogen and oxygen atoms in total. The van der Waals surface area contributed by atoms with Gasteiger partial charge < -0.3 is 52.4 Å². The lowest BCUT2D eigenvalue weighted by Gasteiger charge is -2.23. The van der Waals surface area contributed by atoms with Crippen molar-refractivity contribution in [3.63, 3.8) is 0 Å². The highest BCUT2D eigenvalue weighted by atomic mass is 79.9. The van der Waals surface area contributed by atoms with Crippen LogP contribution in [-0.2, 0) is 19.1 Å². The molecule has 0 rings (SSSR count). The molecule has 0 N–H and O–H groups in total. The van der Waals surface area contributed by atoms with E-state index in [1.54, 1.807) is 0 Å². The fourth-order valence-electron chi connectivity index (χ4n) is 0.926. The SMILES string of the molecule is CC(=O)OCC[N+](C)(C)C.CC(=O)OCC[N+](C)(C)C.[Br-].[Br-]. The molecule has 0 saturated carbocycles. The van der Waals surface area contributed by atoms with E-state index in [4.69, 9.17) is 9.47 Å². The molecule has 0 aromatic carbocycles. The van der Waals surface area contributed by atoms with Crippen LogP contribution in [0, 0.1) is 0 Å². The largest absolute Gasteiger partial charge is 1.00 e. The standard InChI is InChI=1S/2C7H16NO2.2BrH/c2*1-7(9)10-6-5-8(2,3)4;;/h2*5-6H2,1-4H3;2*1H/q2*+1;;/p-2. The number of hydrogen-bond donors (Lipinski definition) is 0. The van der Waals surface area contributed by atoms with Gasteiger partial charge in [0.25, 0.3) is 0 Å². The highest BCUT2D eigenvalue weighted by molar-refractivity contribution is 5.66. The average molecular weight is 452 g/mol. The van der Waals surface area contributed by atoms with Gasteiger partial charge in [0.1, 0.15) is 26.3 Å². The Bertz CT molecular complexity index is 270. The van der Waals surface area contributed by atoms with Crippen molar-refractivity contribution in [1.82, 2.24) is 0 Å². The first kappa shape index (κ1) is 29.8. The Morgan fingerprint density at radius 3 is 1.05 bits per heavy atom. The quantitative estimate of drug-likeness (QED) is 0.298. The summed E-state index contributed by atoms with van der Waals surface area (Å²) in [7, 11) is 12.4. The molecule has 0 heterocycles. The molecule has 0 amide bonds. The first-order valence-corrected chi connectivity index (χ1v) is 6.71. The number of carbonyl (C=O) groups is 2. The van der Waals surface area contributed by atoms with Crippen LogP contribution < -0.4 is 34.0 Å². The van der Waals surface area contributed by atoms with Gasteiger partial charge >= 0.3 is 11.9 Å². The number of ether oxygens (including phenoxy) is 2. The van der Waals surface area contributed by atoms with E-state index in [2.05, 4.69) is 42.3 Å². The molecule has 8 heteroatoms. The average Bonchev–Trinajstić information content (AvgIpc) is 2.12.